The van der Waals surface area contributed by atoms with E-state index in [1.807, 2.05) is 25.4 Å². The van der Waals surface area contributed by atoms with Gasteiger partial charge in [0.2, 0.25) is 0 Å². The van der Waals surface area contributed by atoms with Crippen molar-refractivity contribution in [2.75, 3.05) is 18.5 Å². The number of hydrogen-bond acceptors (Lipinski definition) is 5. The number of nitrogens with zero attached hydrogens (tertiary/aromatic N) is 3. The van der Waals surface area contributed by atoms with Crippen LogP contribution in [0.15, 0.2) is 17.8 Å². The second kappa shape index (κ2) is 4.93. The first-order valence-corrected chi connectivity index (χ1v) is 6.57. The maximum absolute atomic E-state index is 5.63. The van der Waals surface area contributed by atoms with Gasteiger partial charge in [-0.1, -0.05) is 19.1 Å². The van der Waals surface area contributed by atoms with E-state index in [2.05, 4.69) is 14.9 Å². The SMILES string of the molecule is CC(CN(C)c1ncnc2sccc12)C(N)=S. The summed E-state index contributed by atoms with van der Waals surface area (Å²) in [6, 6.07) is 2.04. The second-order valence-electron chi connectivity index (χ2n) is 4.02. The molecule has 0 amide bonds. The molecule has 0 radical (unpaired) electrons. The smallest absolute Gasteiger partial charge is 0.140 e. The number of thiophene rings is 1. The van der Waals surface area contributed by atoms with E-state index in [-0.39, 0.29) is 5.92 Å². The Balaban J connectivity index is 2.27. The van der Waals surface area contributed by atoms with Gasteiger partial charge in [0, 0.05) is 19.5 Å². The number of anilines is 1. The fourth-order valence-electron chi connectivity index (χ4n) is 1.67. The van der Waals surface area contributed by atoms with E-state index in [9.17, 15) is 0 Å². The Morgan fingerprint density at radius 1 is 1.59 bits per heavy atom. The molecule has 2 rings (SSSR count). The summed E-state index contributed by atoms with van der Waals surface area (Å²) in [5, 5.41) is 3.10. The molecule has 0 saturated heterocycles. The van der Waals surface area contributed by atoms with Crippen molar-refractivity contribution in [2.45, 2.75) is 6.92 Å². The monoisotopic (exact) mass is 266 g/mol. The lowest BCUT2D eigenvalue weighted by atomic mass is 10.1. The summed E-state index contributed by atoms with van der Waals surface area (Å²) in [5.41, 5.74) is 5.63. The van der Waals surface area contributed by atoms with Crippen LogP contribution in [0.4, 0.5) is 5.82 Å². The molecule has 0 aliphatic heterocycles. The van der Waals surface area contributed by atoms with E-state index >= 15 is 0 Å². The highest BCUT2D eigenvalue weighted by Crippen LogP contribution is 2.26. The highest BCUT2D eigenvalue weighted by Gasteiger charge is 2.13. The zero-order valence-electron chi connectivity index (χ0n) is 9.75. The molecule has 0 aliphatic rings. The van der Waals surface area contributed by atoms with E-state index in [1.54, 1.807) is 17.7 Å². The largest absolute Gasteiger partial charge is 0.393 e. The predicted octanol–water partition coefficient (Wildman–Crippen LogP) is 2.05. The highest BCUT2D eigenvalue weighted by molar-refractivity contribution is 7.80. The van der Waals surface area contributed by atoms with Crippen molar-refractivity contribution in [2.24, 2.45) is 11.7 Å². The molecule has 2 aromatic heterocycles. The second-order valence-corrected chi connectivity index (χ2v) is 5.39. The maximum atomic E-state index is 5.63. The standard InChI is InChI=1S/C11H14N4S2/c1-7(9(12)16)5-15(2)10-8-3-4-17-11(8)14-6-13-10/h3-4,6-7H,5H2,1-2H3,(H2,12,16). The zero-order chi connectivity index (χ0) is 12.4. The summed E-state index contributed by atoms with van der Waals surface area (Å²) in [6.07, 6.45) is 1.59. The molecule has 0 fully saturated rings. The first-order chi connectivity index (χ1) is 8.09. The summed E-state index contributed by atoms with van der Waals surface area (Å²) in [5.74, 6) is 1.10. The number of aromatic nitrogens is 2. The van der Waals surface area contributed by atoms with Gasteiger partial charge in [-0.15, -0.1) is 11.3 Å². The molecule has 1 unspecified atom stereocenters. The lowest BCUT2D eigenvalue weighted by molar-refractivity contribution is 0.737. The Kier molecular flexibility index (Phi) is 3.54. The molecular formula is C11H14N4S2. The Morgan fingerprint density at radius 2 is 2.35 bits per heavy atom. The van der Waals surface area contributed by atoms with Crippen LogP contribution in [0.1, 0.15) is 6.92 Å². The molecule has 17 heavy (non-hydrogen) atoms. The van der Waals surface area contributed by atoms with Gasteiger partial charge in [-0.2, -0.15) is 0 Å². The normalized spacial score (nSPS) is 12.6. The Morgan fingerprint density at radius 3 is 3.06 bits per heavy atom. The van der Waals surface area contributed by atoms with Crippen molar-refractivity contribution >= 4 is 44.6 Å². The number of nitrogens with two attached hydrogens (primary N) is 1. The Hall–Kier alpha value is -1.27. The van der Waals surface area contributed by atoms with Crippen LogP contribution in [0.5, 0.6) is 0 Å². The lowest BCUT2D eigenvalue weighted by Gasteiger charge is -2.22. The third kappa shape index (κ3) is 2.53. The van der Waals surface area contributed by atoms with E-state index in [1.165, 1.54) is 0 Å². The van der Waals surface area contributed by atoms with Crippen LogP contribution in [-0.2, 0) is 0 Å². The molecule has 4 nitrogen and oxygen atoms in total. The summed E-state index contributed by atoms with van der Waals surface area (Å²) in [4.78, 5) is 12.2. The topological polar surface area (TPSA) is 55.0 Å². The molecule has 90 valence electrons. The minimum Gasteiger partial charge on any atom is -0.393 e. The van der Waals surface area contributed by atoms with Crippen LogP contribution in [0.25, 0.3) is 10.2 Å². The summed E-state index contributed by atoms with van der Waals surface area (Å²) in [7, 11) is 1.99. The van der Waals surface area contributed by atoms with Gasteiger partial charge in [0.05, 0.1) is 10.4 Å². The van der Waals surface area contributed by atoms with Gasteiger partial charge in [-0.3, -0.25) is 0 Å². The molecule has 0 aliphatic carbocycles. The third-order valence-electron chi connectivity index (χ3n) is 2.64. The van der Waals surface area contributed by atoms with E-state index < -0.39 is 0 Å². The first-order valence-electron chi connectivity index (χ1n) is 5.28. The number of hydrogen-bond donors (Lipinski definition) is 1. The Bertz CT molecular complexity index is 537. The van der Waals surface area contributed by atoms with Gasteiger partial charge in [0.15, 0.2) is 0 Å². The van der Waals surface area contributed by atoms with Crippen LogP contribution in [-0.4, -0.2) is 28.5 Å². The maximum Gasteiger partial charge on any atom is 0.140 e. The lowest BCUT2D eigenvalue weighted by Crippen LogP contribution is -2.31. The van der Waals surface area contributed by atoms with Gasteiger partial charge in [0.1, 0.15) is 17.0 Å². The van der Waals surface area contributed by atoms with Crippen molar-refractivity contribution in [3.8, 4) is 0 Å². The molecule has 0 spiro atoms. The van der Waals surface area contributed by atoms with Gasteiger partial charge in [-0.25, -0.2) is 9.97 Å². The van der Waals surface area contributed by atoms with Gasteiger partial charge in [-0.05, 0) is 11.4 Å². The average Bonchev–Trinajstić information content (AvgIpc) is 2.76. The van der Waals surface area contributed by atoms with Crippen molar-refractivity contribution in [1.82, 2.24) is 9.97 Å². The van der Waals surface area contributed by atoms with Crippen molar-refractivity contribution in [1.29, 1.82) is 0 Å². The summed E-state index contributed by atoms with van der Waals surface area (Å²) >= 11 is 6.60. The van der Waals surface area contributed by atoms with Gasteiger partial charge < -0.3 is 10.6 Å². The molecule has 0 aromatic carbocycles. The first kappa shape index (κ1) is 12.2. The van der Waals surface area contributed by atoms with E-state index in [0.29, 0.717) is 4.99 Å². The predicted molar refractivity (Wildman–Crippen MR) is 76.6 cm³/mol. The van der Waals surface area contributed by atoms with Crippen molar-refractivity contribution in [3.63, 3.8) is 0 Å². The molecule has 2 heterocycles. The minimum absolute atomic E-state index is 0.165. The number of thiocarbonyl (C=S) groups is 1. The molecule has 2 aromatic rings. The summed E-state index contributed by atoms with van der Waals surface area (Å²) in [6.45, 7) is 2.78. The van der Waals surface area contributed by atoms with E-state index in [0.717, 1.165) is 22.6 Å². The fraction of sp³-hybridized carbons (Fsp3) is 0.364. The highest BCUT2D eigenvalue weighted by atomic mass is 32.1. The quantitative estimate of drug-likeness (QED) is 0.858. The van der Waals surface area contributed by atoms with Crippen LogP contribution < -0.4 is 10.6 Å². The van der Waals surface area contributed by atoms with Crippen LogP contribution >= 0.6 is 23.6 Å². The minimum atomic E-state index is 0.165. The van der Waals surface area contributed by atoms with Gasteiger partial charge in [0.25, 0.3) is 0 Å². The van der Waals surface area contributed by atoms with Crippen LogP contribution in [0.2, 0.25) is 0 Å². The molecule has 0 bridgehead atoms. The zero-order valence-corrected chi connectivity index (χ0v) is 11.4. The van der Waals surface area contributed by atoms with E-state index in [4.69, 9.17) is 18.0 Å². The van der Waals surface area contributed by atoms with Crippen molar-refractivity contribution in [3.05, 3.63) is 17.8 Å². The number of fused-ring (bicyclic) bond motifs is 1. The van der Waals surface area contributed by atoms with Crippen LogP contribution in [0.3, 0.4) is 0 Å². The summed E-state index contributed by atoms with van der Waals surface area (Å²) < 4.78 is 0. The molecular weight excluding hydrogens is 252 g/mol. The molecule has 0 saturated carbocycles. The fourth-order valence-corrected chi connectivity index (χ4v) is 2.47. The number of rotatable bonds is 4. The Labute approximate surface area is 109 Å². The molecule has 6 heteroatoms. The van der Waals surface area contributed by atoms with Crippen LogP contribution in [0, 0.1) is 5.92 Å². The van der Waals surface area contributed by atoms with Crippen molar-refractivity contribution < 1.29 is 0 Å². The third-order valence-corrected chi connectivity index (χ3v) is 3.86. The molecule has 1 atom stereocenters. The van der Waals surface area contributed by atoms with Gasteiger partial charge >= 0.3 is 0 Å². The average molecular weight is 266 g/mol. The molecule has 2 N–H and O–H groups in total.